The Morgan fingerprint density at radius 3 is 2.75 bits per heavy atom. The molecular weight excluding hydrogens is 252 g/mol. The Labute approximate surface area is 119 Å². The largest absolute Gasteiger partial charge is 0.492 e. The van der Waals surface area contributed by atoms with Gasteiger partial charge in [0.2, 0.25) is 0 Å². The second-order valence-electron chi connectivity index (χ2n) is 4.50. The van der Waals surface area contributed by atoms with Crippen molar-refractivity contribution in [3.63, 3.8) is 0 Å². The van der Waals surface area contributed by atoms with Gasteiger partial charge in [-0.15, -0.1) is 0 Å². The van der Waals surface area contributed by atoms with Crippen LogP contribution in [-0.4, -0.2) is 16.6 Å². The summed E-state index contributed by atoms with van der Waals surface area (Å²) in [4.78, 5) is 8.21. The first-order chi connectivity index (χ1) is 9.83. The highest BCUT2D eigenvalue weighted by Crippen LogP contribution is 2.21. The minimum atomic E-state index is 0.0519. The number of rotatable bonds is 7. The molecule has 0 aromatic carbocycles. The van der Waals surface area contributed by atoms with Gasteiger partial charge in [0, 0.05) is 24.6 Å². The second kappa shape index (κ2) is 7.57. The highest BCUT2D eigenvalue weighted by molar-refractivity contribution is 5.26. The van der Waals surface area contributed by atoms with Crippen LogP contribution >= 0.6 is 0 Å². The second-order valence-corrected chi connectivity index (χ2v) is 4.50. The normalized spacial score (nSPS) is 12.1. The Morgan fingerprint density at radius 1 is 1.25 bits per heavy atom. The van der Waals surface area contributed by atoms with Crippen LogP contribution in [0.1, 0.15) is 30.5 Å². The van der Waals surface area contributed by atoms with Gasteiger partial charge in [-0.2, -0.15) is 0 Å². The Bertz CT molecular complexity index is 518. The average Bonchev–Trinajstić information content (AvgIpc) is 2.50. The third kappa shape index (κ3) is 4.01. The molecule has 0 aliphatic carbocycles. The maximum atomic E-state index is 5.66. The predicted octanol–water partition coefficient (Wildman–Crippen LogP) is 2.01. The van der Waals surface area contributed by atoms with Crippen molar-refractivity contribution in [3.8, 4) is 5.75 Å². The average molecular weight is 272 g/mol. The SMILES string of the molecule is CCOc1cncc(C(CCc2ccncc2)NN)c1. The standard InChI is InChI=1S/C15H20N4O/c1-2-20-14-9-13(10-18-11-14)15(19-16)4-3-12-5-7-17-8-6-12/h5-11,15,19H,2-4,16H2,1H3. The van der Waals surface area contributed by atoms with Gasteiger partial charge in [0.1, 0.15) is 5.75 Å². The molecule has 0 saturated carbocycles. The van der Waals surface area contributed by atoms with E-state index in [2.05, 4.69) is 15.4 Å². The maximum absolute atomic E-state index is 5.66. The van der Waals surface area contributed by atoms with Crippen LogP contribution in [0.15, 0.2) is 43.0 Å². The van der Waals surface area contributed by atoms with Gasteiger partial charge in [-0.1, -0.05) is 0 Å². The van der Waals surface area contributed by atoms with Crippen LogP contribution in [0.5, 0.6) is 5.75 Å². The summed E-state index contributed by atoms with van der Waals surface area (Å²) in [7, 11) is 0. The van der Waals surface area contributed by atoms with E-state index in [1.807, 2.05) is 31.3 Å². The third-order valence-corrected chi connectivity index (χ3v) is 3.12. The number of nitrogens with zero attached hydrogens (tertiary/aromatic N) is 2. The molecule has 2 aromatic rings. The fourth-order valence-corrected chi connectivity index (χ4v) is 2.08. The molecule has 0 spiro atoms. The van der Waals surface area contributed by atoms with Crippen molar-refractivity contribution in [3.05, 3.63) is 54.1 Å². The number of hydrazine groups is 1. The predicted molar refractivity (Wildman–Crippen MR) is 78.0 cm³/mol. The minimum Gasteiger partial charge on any atom is -0.492 e. The van der Waals surface area contributed by atoms with Crippen LogP contribution in [0.3, 0.4) is 0 Å². The molecule has 2 aromatic heterocycles. The highest BCUT2D eigenvalue weighted by Gasteiger charge is 2.11. The molecule has 0 bridgehead atoms. The molecule has 5 nitrogen and oxygen atoms in total. The molecule has 1 atom stereocenters. The van der Waals surface area contributed by atoms with Crippen LogP contribution in [0, 0.1) is 0 Å². The van der Waals surface area contributed by atoms with E-state index < -0.39 is 0 Å². The van der Waals surface area contributed by atoms with E-state index in [0.29, 0.717) is 6.61 Å². The summed E-state index contributed by atoms with van der Waals surface area (Å²) in [5.41, 5.74) is 5.13. The van der Waals surface area contributed by atoms with E-state index >= 15 is 0 Å². The molecule has 0 amide bonds. The molecule has 0 aliphatic rings. The van der Waals surface area contributed by atoms with Crippen molar-refractivity contribution in [2.45, 2.75) is 25.8 Å². The van der Waals surface area contributed by atoms with E-state index in [1.165, 1.54) is 5.56 Å². The summed E-state index contributed by atoms with van der Waals surface area (Å²) in [5, 5.41) is 0. The molecule has 5 heteroatoms. The third-order valence-electron chi connectivity index (χ3n) is 3.12. The zero-order valence-electron chi connectivity index (χ0n) is 11.6. The Morgan fingerprint density at radius 2 is 2.05 bits per heavy atom. The zero-order chi connectivity index (χ0) is 14.2. The number of hydrogen-bond donors (Lipinski definition) is 2. The number of nitrogens with one attached hydrogen (secondary N) is 1. The fraction of sp³-hybridized carbons (Fsp3) is 0.333. The van der Waals surface area contributed by atoms with Crippen molar-refractivity contribution in [1.29, 1.82) is 0 Å². The van der Waals surface area contributed by atoms with Gasteiger partial charge in [0.05, 0.1) is 12.8 Å². The molecule has 106 valence electrons. The molecule has 2 heterocycles. The van der Waals surface area contributed by atoms with Crippen molar-refractivity contribution in [1.82, 2.24) is 15.4 Å². The first kappa shape index (κ1) is 14.4. The molecule has 3 N–H and O–H groups in total. The van der Waals surface area contributed by atoms with Crippen LogP contribution in [0.2, 0.25) is 0 Å². The lowest BCUT2D eigenvalue weighted by atomic mass is 10.0. The molecular formula is C15H20N4O. The lowest BCUT2D eigenvalue weighted by Gasteiger charge is -2.16. The van der Waals surface area contributed by atoms with Gasteiger partial charge in [-0.25, -0.2) is 0 Å². The van der Waals surface area contributed by atoms with Crippen molar-refractivity contribution in [2.75, 3.05) is 6.61 Å². The number of pyridine rings is 2. The summed E-state index contributed by atoms with van der Waals surface area (Å²) in [6, 6.07) is 6.06. The Hall–Kier alpha value is -1.98. The molecule has 0 radical (unpaired) electrons. The minimum absolute atomic E-state index is 0.0519. The van der Waals surface area contributed by atoms with E-state index in [9.17, 15) is 0 Å². The Kier molecular flexibility index (Phi) is 5.46. The van der Waals surface area contributed by atoms with Gasteiger partial charge in [0.15, 0.2) is 0 Å². The lowest BCUT2D eigenvalue weighted by molar-refractivity contribution is 0.337. The smallest absolute Gasteiger partial charge is 0.137 e. The fourth-order valence-electron chi connectivity index (χ4n) is 2.08. The first-order valence-electron chi connectivity index (χ1n) is 6.76. The molecule has 0 saturated heterocycles. The summed E-state index contributed by atoms with van der Waals surface area (Å²) in [5.74, 6) is 6.43. The zero-order valence-corrected chi connectivity index (χ0v) is 11.6. The van der Waals surface area contributed by atoms with Gasteiger partial charge >= 0.3 is 0 Å². The maximum Gasteiger partial charge on any atom is 0.137 e. The van der Waals surface area contributed by atoms with Crippen molar-refractivity contribution >= 4 is 0 Å². The lowest BCUT2D eigenvalue weighted by Crippen LogP contribution is -2.28. The van der Waals surface area contributed by atoms with Crippen molar-refractivity contribution < 1.29 is 4.74 Å². The van der Waals surface area contributed by atoms with Crippen molar-refractivity contribution in [2.24, 2.45) is 5.84 Å². The molecule has 1 unspecified atom stereocenters. The van der Waals surface area contributed by atoms with Crippen LogP contribution in [-0.2, 0) is 6.42 Å². The highest BCUT2D eigenvalue weighted by atomic mass is 16.5. The van der Waals surface area contributed by atoms with Gasteiger partial charge in [0.25, 0.3) is 0 Å². The summed E-state index contributed by atoms with van der Waals surface area (Å²) in [6.45, 7) is 2.58. The van der Waals surface area contributed by atoms with Gasteiger partial charge in [-0.05, 0) is 49.1 Å². The van der Waals surface area contributed by atoms with Crippen LogP contribution < -0.4 is 16.0 Å². The van der Waals surface area contributed by atoms with Crippen LogP contribution in [0.25, 0.3) is 0 Å². The number of nitrogens with two attached hydrogens (primary N) is 1. The monoisotopic (exact) mass is 272 g/mol. The topological polar surface area (TPSA) is 73.1 Å². The van der Waals surface area contributed by atoms with E-state index in [0.717, 1.165) is 24.2 Å². The molecule has 0 fully saturated rings. The quantitative estimate of drug-likeness (QED) is 0.596. The van der Waals surface area contributed by atoms with E-state index in [-0.39, 0.29) is 6.04 Å². The number of aryl methyl sites for hydroxylation is 1. The summed E-state index contributed by atoms with van der Waals surface area (Å²) >= 11 is 0. The van der Waals surface area contributed by atoms with Gasteiger partial charge < -0.3 is 4.74 Å². The molecule has 2 rings (SSSR count). The Balaban J connectivity index is 2.02. The number of aromatic nitrogens is 2. The number of hydrogen-bond acceptors (Lipinski definition) is 5. The molecule has 20 heavy (non-hydrogen) atoms. The van der Waals surface area contributed by atoms with E-state index in [4.69, 9.17) is 10.6 Å². The summed E-state index contributed by atoms with van der Waals surface area (Å²) < 4.78 is 5.46. The number of ether oxygens (including phenoxy) is 1. The van der Waals surface area contributed by atoms with E-state index in [1.54, 1.807) is 18.6 Å². The summed E-state index contributed by atoms with van der Waals surface area (Å²) in [6.07, 6.45) is 8.95. The van der Waals surface area contributed by atoms with Gasteiger partial charge in [-0.3, -0.25) is 21.2 Å². The molecule has 0 aliphatic heterocycles. The van der Waals surface area contributed by atoms with Crippen LogP contribution in [0.4, 0.5) is 0 Å². The first-order valence-corrected chi connectivity index (χ1v) is 6.76.